The van der Waals surface area contributed by atoms with Crippen LogP contribution >= 0.6 is 43.5 Å². The molecule has 0 saturated carbocycles. The predicted molar refractivity (Wildman–Crippen MR) is 116 cm³/mol. The molecule has 0 unspecified atom stereocenters. The van der Waals surface area contributed by atoms with E-state index >= 15 is 0 Å². The average molecular weight is 455 g/mol. The van der Waals surface area contributed by atoms with Gasteiger partial charge in [-0.3, -0.25) is 0 Å². The van der Waals surface area contributed by atoms with Crippen LogP contribution in [0.2, 0.25) is 0 Å². The van der Waals surface area contributed by atoms with Gasteiger partial charge in [-0.1, -0.05) is 21.9 Å². The van der Waals surface area contributed by atoms with Gasteiger partial charge >= 0.3 is 16.5 Å². The van der Waals surface area contributed by atoms with Crippen molar-refractivity contribution in [1.82, 2.24) is 8.61 Å². The molecule has 2 aromatic carbocycles. The molecule has 0 N–H and O–H groups in total. The van der Waals surface area contributed by atoms with Crippen molar-refractivity contribution in [2.45, 2.75) is 9.79 Å². The van der Waals surface area contributed by atoms with E-state index in [1.165, 1.54) is 9.79 Å². The monoisotopic (exact) mass is 454 g/mol. The van der Waals surface area contributed by atoms with E-state index in [1.807, 2.05) is 64.6 Å². The first-order valence-electron chi connectivity index (χ1n) is 7.26. The normalized spacial score (nSPS) is 10.2. The van der Waals surface area contributed by atoms with Crippen LogP contribution in [-0.2, 0) is 16.5 Å². The van der Waals surface area contributed by atoms with Crippen molar-refractivity contribution in [2.75, 3.05) is 28.2 Å². The van der Waals surface area contributed by atoms with Crippen LogP contribution in [0.5, 0.6) is 0 Å². The summed E-state index contributed by atoms with van der Waals surface area (Å²) in [5.41, 5.74) is 2.19. The molecule has 0 aliphatic heterocycles. The van der Waals surface area contributed by atoms with Crippen molar-refractivity contribution in [3.8, 4) is 0 Å². The molecular weight excluding hydrogens is 431 g/mol. The third-order valence-corrected chi connectivity index (χ3v) is 7.71. The molecule has 0 aliphatic rings. The molecule has 0 fully saturated rings. The summed E-state index contributed by atoms with van der Waals surface area (Å²) in [7, 11) is 15.0. The van der Waals surface area contributed by atoms with E-state index < -0.39 is 0 Å². The van der Waals surface area contributed by atoms with Gasteiger partial charge in [0.05, 0.1) is 0 Å². The molecule has 0 bridgehead atoms. The summed E-state index contributed by atoms with van der Waals surface area (Å²) < 4.78 is 4.13. The number of benzene rings is 2. The molecule has 2 aromatic rings. The molecule has 25 heavy (non-hydrogen) atoms. The Morgan fingerprint density at radius 1 is 0.640 bits per heavy atom. The smallest absolute Gasteiger partial charge is 0.248 e. The minimum atomic E-state index is 0. The van der Waals surface area contributed by atoms with Gasteiger partial charge in [-0.15, -0.1) is 45.9 Å². The summed E-state index contributed by atoms with van der Waals surface area (Å²) in [4.78, 5) is 2.47. The standard InChI is InChI=1S/2C9H12NS2.Ni/c2*1-8-6-4-5-7-9(8)11-12-10(2)3;/h2*4-7H,1H2,2-3H3;/q2*-1;+2. The van der Waals surface area contributed by atoms with Crippen molar-refractivity contribution in [1.29, 1.82) is 0 Å². The summed E-state index contributed by atoms with van der Waals surface area (Å²) >= 11 is 0. The fourth-order valence-electron chi connectivity index (χ4n) is 1.40. The molecular formula is C18H24N2NiS4. The van der Waals surface area contributed by atoms with Crippen molar-refractivity contribution >= 4 is 43.5 Å². The fourth-order valence-corrected chi connectivity index (χ4v) is 4.83. The average Bonchev–Trinajstić information content (AvgIpc) is 2.54. The van der Waals surface area contributed by atoms with E-state index in [-0.39, 0.29) is 16.5 Å². The van der Waals surface area contributed by atoms with Crippen molar-refractivity contribution < 1.29 is 16.5 Å². The van der Waals surface area contributed by atoms with E-state index in [2.05, 4.69) is 34.6 Å². The van der Waals surface area contributed by atoms with Crippen LogP contribution in [0.4, 0.5) is 0 Å². The first-order valence-corrected chi connectivity index (χ1v) is 11.5. The minimum absolute atomic E-state index is 0. The van der Waals surface area contributed by atoms with Crippen LogP contribution in [0.15, 0.2) is 58.3 Å². The Labute approximate surface area is 179 Å². The van der Waals surface area contributed by atoms with Crippen molar-refractivity contribution in [3.63, 3.8) is 0 Å². The van der Waals surface area contributed by atoms with Crippen LogP contribution in [-0.4, -0.2) is 36.8 Å². The summed E-state index contributed by atoms with van der Waals surface area (Å²) in [6, 6.07) is 16.3. The van der Waals surface area contributed by atoms with Crippen LogP contribution in [0.1, 0.15) is 11.1 Å². The third kappa shape index (κ3) is 11.3. The first-order chi connectivity index (χ1) is 11.4. The van der Waals surface area contributed by atoms with Gasteiger partial charge in [0.15, 0.2) is 0 Å². The molecule has 0 radical (unpaired) electrons. The quantitative estimate of drug-likeness (QED) is 0.221. The topological polar surface area (TPSA) is 6.48 Å². The van der Waals surface area contributed by atoms with E-state index in [1.54, 1.807) is 43.5 Å². The fraction of sp³-hybridized carbons (Fsp3) is 0.222. The van der Waals surface area contributed by atoms with Crippen LogP contribution in [0.25, 0.3) is 0 Å². The van der Waals surface area contributed by atoms with Gasteiger partial charge in [-0.2, -0.15) is 37.1 Å². The van der Waals surface area contributed by atoms with E-state index in [9.17, 15) is 0 Å². The van der Waals surface area contributed by atoms with Crippen LogP contribution in [0, 0.1) is 13.8 Å². The molecule has 0 spiro atoms. The van der Waals surface area contributed by atoms with Crippen LogP contribution < -0.4 is 0 Å². The summed E-state index contributed by atoms with van der Waals surface area (Å²) in [5.74, 6) is 0. The van der Waals surface area contributed by atoms with E-state index in [4.69, 9.17) is 0 Å². The van der Waals surface area contributed by atoms with Gasteiger partial charge in [-0.25, -0.2) is 8.61 Å². The molecule has 0 saturated heterocycles. The Bertz CT molecular complexity index is 556. The molecule has 0 aliphatic carbocycles. The zero-order valence-electron chi connectivity index (χ0n) is 14.9. The number of rotatable bonds is 6. The second kappa shape index (κ2) is 14.1. The largest absolute Gasteiger partial charge is 2.00 e. The minimum Gasteiger partial charge on any atom is -0.248 e. The molecule has 0 amide bonds. The SMILES string of the molecule is [CH2-]c1ccccc1SSN(C)C.[CH2-]c1ccccc1SSN(C)C.[Ni+2]. The van der Waals surface area contributed by atoms with Gasteiger partial charge in [0.25, 0.3) is 0 Å². The maximum Gasteiger partial charge on any atom is 2.00 e. The molecule has 0 heterocycles. The Kier molecular flexibility index (Phi) is 14.1. The zero-order valence-corrected chi connectivity index (χ0v) is 19.1. The van der Waals surface area contributed by atoms with E-state index in [0.717, 1.165) is 11.1 Å². The maximum absolute atomic E-state index is 3.95. The molecule has 7 heteroatoms. The van der Waals surface area contributed by atoms with Gasteiger partial charge in [0.2, 0.25) is 0 Å². The Balaban J connectivity index is 0.000000443. The summed E-state index contributed by atoms with van der Waals surface area (Å²) in [6.45, 7) is 7.89. The molecule has 0 atom stereocenters. The Hall–Kier alpha value is -0.00649. The van der Waals surface area contributed by atoms with Crippen molar-refractivity contribution in [2.24, 2.45) is 0 Å². The Morgan fingerprint density at radius 3 is 1.24 bits per heavy atom. The van der Waals surface area contributed by atoms with Crippen LogP contribution in [0.3, 0.4) is 0 Å². The van der Waals surface area contributed by atoms with E-state index in [0.29, 0.717) is 0 Å². The second-order valence-electron chi connectivity index (χ2n) is 5.16. The summed E-state index contributed by atoms with van der Waals surface area (Å²) in [5, 5.41) is 0. The maximum atomic E-state index is 3.95. The van der Waals surface area contributed by atoms with Gasteiger partial charge in [0.1, 0.15) is 0 Å². The number of hydrogen-bond acceptors (Lipinski definition) is 6. The molecule has 0 aromatic heterocycles. The number of hydrogen-bond donors (Lipinski definition) is 0. The molecule has 2 rings (SSSR count). The van der Waals surface area contributed by atoms with Gasteiger partial charge in [-0.05, 0) is 50.2 Å². The third-order valence-electron chi connectivity index (χ3n) is 2.50. The Morgan fingerprint density at radius 2 is 0.960 bits per heavy atom. The van der Waals surface area contributed by atoms with Crippen molar-refractivity contribution in [3.05, 3.63) is 73.5 Å². The van der Waals surface area contributed by atoms with Gasteiger partial charge < -0.3 is 0 Å². The second-order valence-corrected chi connectivity index (χ2v) is 10.0. The zero-order chi connectivity index (χ0) is 17.9. The predicted octanol–water partition coefficient (Wildman–Crippen LogP) is 6.17. The molecule has 140 valence electrons. The summed E-state index contributed by atoms with van der Waals surface area (Å²) in [6.07, 6.45) is 0. The number of nitrogens with zero attached hydrogens (tertiary/aromatic N) is 2. The molecule has 2 nitrogen and oxygen atoms in total. The first kappa shape index (κ1) is 25.0. The van der Waals surface area contributed by atoms with Gasteiger partial charge in [0, 0.05) is 0 Å².